The molecule has 5 rings (SSSR count). The molecule has 0 saturated carbocycles. The summed E-state index contributed by atoms with van der Waals surface area (Å²) in [6.07, 6.45) is 5.29. The Balaban J connectivity index is 1.48. The van der Waals surface area contributed by atoms with Crippen LogP contribution in [0.3, 0.4) is 0 Å². The van der Waals surface area contributed by atoms with Gasteiger partial charge in [-0.05, 0) is 83.8 Å². The summed E-state index contributed by atoms with van der Waals surface area (Å²) in [5, 5.41) is 10.1. The number of hydrogen-bond donors (Lipinski definition) is 3. The lowest BCUT2D eigenvalue weighted by atomic mass is 9.82. The average Bonchev–Trinajstić information content (AvgIpc) is 3.57. The predicted molar refractivity (Wildman–Crippen MR) is 154 cm³/mol. The first-order valence-electron chi connectivity index (χ1n) is 12.5. The molecule has 2 heterocycles. The van der Waals surface area contributed by atoms with Crippen LogP contribution in [0.25, 0.3) is 22.3 Å². The number of fused-ring (bicyclic) bond motifs is 1. The third kappa shape index (κ3) is 5.19. The van der Waals surface area contributed by atoms with Gasteiger partial charge in [0.25, 0.3) is 0 Å². The molecule has 2 aromatic heterocycles. The molecule has 0 aliphatic heterocycles. The van der Waals surface area contributed by atoms with Gasteiger partial charge >= 0.3 is 0 Å². The first-order valence-corrected chi connectivity index (χ1v) is 13.5. The van der Waals surface area contributed by atoms with Crippen molar-refractivity contribution in [2.24, 2.45) is 0 Å². The van der Waals surface area contributed by atoms with Crippen molar-refractivity contribution in [1.29, 1.82) is 0 Å². The lowest BCUT2D eigenvalue weighted by molar-refractivity contribution is 0.284. The maximum atomic E-state index is 15.2. The lowest BCUT2D eigenvalue weighted by Gasteiger charge is -2.24. The topological polar surface area (TPSA) is 73.9 Å². The van der Waals surface area contributed by atoms with Gasteiger partial charge in [0, 0.05) is 56.2 Å². The van der Waals surface area contributed by atoms with E-state index in [4.69, 9.17) is 4.74 Å². The Morgan fingerprint density at radius 1 is 1.03 bits per heavy atom. The molecule has 3 aromatic carbocycles. The van der Waals surface area contributed by atoms with Crippen LogP contribution >= 0.6 is 22.6 Å². The zero-order chi connectivity index (χ0) is 26.9. The van der Waals surface area contributed by atoms with Gasteiger partial charge in [0.2, 0.25) is 0 Å². The zero-order valence-electron chi connectivity index (χ0n) is 21.1. The van der Waals surface area contributed by atoms with Crippen LogP contribution in [0.15, 0.2) is 67.0 Å². The number of aliphatic hydroxyl groups excluding tert-OH is 1. The number of nitrogens with zero attached hydrogens (tertiary/aromatic N) is 1. The molecule has 0 radical (unpaired) electrons. The van der Waals surface area contributed by atoms with Crippen molar-refractivity contribution < 1.29 is 18.6 Å². The van der Waals surface area contributed by atoms with Gasteiger partial charge < -0.3 is 19.8 Å². The van der Waals surface area contributed by atoms with E-state index >= 15 is 4.39 Å². The van der Waals surface area contributed by atoms with Crippen LogP contribution in [0.2, 0.25) is 0 Å². The largest absolute Gasteiger partial charge is 0.454 e. The highest BCUT2D eigenvalue weighted by Gasteiger charge is 2.26. The highest BCUT2D eigenvalue weighted by molar-refractivity contribution is 14.1. The Labute approximate surface area is 233 Å². The molecule has 0 spiro atoms. The summed E-state index contributed by atoms with van der Waals surface area (Å²) in [4.78, 5) is 10.8. The Bertz CT molecular complexity index is 1590. The summed E-state index contributed by atoms with van der Waals surface area (Å²) in [6, 6.07) is 15.8. The second-order valence-electron chi connectivity index (χ2n) is 9.81. The maximum absolute atomic E-state index is 15.2. The summed E-state index contributed by atoms with van der Waals surface area (Å²) < 4.78 is 37.4. The molecule has 0 amide bonds. The number of aliphatic hydroxyl groups is 1. The summed E-state index contributed by atoms with van der Waals surface area (Å²) in [5.74, 6) is -0.202. The third-order valence-corrected chi connectivity index (χ3v) is 7.58. The van der Waals surface area contributed by atoms with Gasteiger partial charge in [0.05, 0.1) is 5.56 Å². The fourth-order valence-corrected chi connectivity index (χ4v) is 5.21. The van der Waals surface area contributed by atoms with Gasteiger partial charge in [0.1, 0.15) is 17.4 Å². The normalized spacial score (nSPS) is 11.8. The quantitative estimate of drug-likeness (QED) is 0.115. The van der Waals surface area contributed by atoms with E-state index in [0.717, 1.165) is 20.2 Å². The van der Waals surface area contributed by atoms with Crippen LogP contribution in [0, 0.1) is 15.2 Å². The molecule has 5 nitrogen and oxygen atoms in total. The van der Waals surface area contributed by atoms with Crippen LogP contribution in [0.5, 0.6) is 11.5 Å². The van der Waals surface area contributed by atoms with Crippen molar-refractivity contribution in [2.45, 2.75) is 38.5 Å². The van der Waals surface area contributed by atoms with Crippen molar-refractivity contribution in [1.82, 2.24) is 15.0 Å². The molecule has 3 N–H and O–H groups in total. The number of aromatic amines is 2. The maximum Gasteiger partial charge on any atom is 0.168 e. The van der Waals surface area contributed by atoms with E-state index in [1.54, 1.807) is 12.4 Å². The highest BCUT2D eigenvalue weighted by atomic mass is 127. The molecule has 0 saturated heterocycles. The number of aryl methyl sites for hydroxylation is 1. The molecule has 0 unspecified atom stereocenters. The summed E-state index contributed by atoms with van der Waals surface area (Å²) in [6.45, 7) is 4.24. The number of imidazole rings is 1. The SMILES string of the molecule is CC(C)(c1cccc(I)c1)c1cnc(-c2cc(Oc3c(F)cc4[nH]ccc4c3CCCCO)ccc2F)[nH]1. The molecule has 8 heteroatoms. The number of nitrogens with one attached hydrogen (secondary N) is 2. The zero-order valence-corrected chi connectivity index (χ0v) is 23.3. The molecule has 5 aromatic rings. The third-order valence-electron chi connectivity index (χ3n) is 6.91. The van der Waals surface area contributed by atoms with E-state index in [0.29, 0.717) is 41.9 Å². The summed E-state index contributed by atoms with van der Waals surface area (Å²) >= 11 is 2.28. The predicted octanol–water partition coefficient (Wildman–Crippen LogP) is 7.87. The number of halogens is 3. The molecule has 196 valence electrons. The van der Waals surface area contributed by atoms with Crippen LogP contribution in [0.1, 0.15) is 43.5 Å². The van der Waals surface area contributed by atoms with Crippen molar-refractivity contribution >= 4 is 33.5 Å². The summed E-state index contributed by atoms with van der Waals surface area (Å²) in [7, 11) is 0. The van der Waals surface area contributed by atoms with Gasteiger partial charge in [-0.3, -0.25) is 0 Å². The first-order chi connectivity index (χ1) is 18.3. The van der Waals surface area contributed by atoms with Gasteiger partial charge in [-0.15, -0.1) is 0 Å². The van der Waals surface area contributed by atoms with E-state index in [9.17, 15) is 9.50 Å². The van der Waals surface area contributed by atoms with E-state index in [1.165, 1.54) is 24.3 Å². The Morgan fingerprint density at radius 2 is 1.87 bits per heavy atom. The Morgan fingerprint density at radius 3 is 2.66 bits per heavy atom. The first kappa shape index (κ1) is 26.4. The van der Waals surface area contributed by atoms with E-state index in [-0.39, 0.29) is 23.3 Å². The van der Waals surface area contributed by atoms with Crippen molar-refractivity contribution in [3.05, 3.63) is 99.0 Å². The molecular weight excluding hydrogens is 599 g/mol. The van der Waals surface area contributed by atoms with E-state index in [1.807, 2.05) is 18.2 Å². The lowest BCUT2D eigenvalue weighted by Crippen LogP contribution is -2.19. The minimum absolute atomic E-state index is 0.0640. The molecule has 0 atom stereocenters. The molecule has 0 aliphatic rings. The molecule has 0 bridgehead atoms. The van der Waals surface area contributed by atoms with Gasteiger partial charge in [-0.2, -0.15) is 0 Å². The standard InChI is InChI=1S/C30H28F2IN3O2/c1-30(2,18-6-5-7-19(33)14-18)27-17-35-29(36-27)23-15-20(9-10-24(23)31)38-28-22(8-3-4-13-37)21-11-12-34-26(21)16-25(28)32/h5-7,9-12,14-17,34,37H,3-4,8,13H2,1-2H3,(H,35,36). The molecule has 0 fully saturated rings. The Hall–Kier alpha value is -3.24. The van der Waals surface area contributed by atoms with Crippen molar-refractivity contribution in [3.8, 4) is 22.9 Å². The number of hydrogen-bond acceptors (Lipinski definition) is 3. The molecule has 38 heavy (non-hydrogen) atoms. The average molecular weight is 627 g/mol. The van der Waals surface area contributed by atoms with Crippen molar-refractivity contribution in [3.63, 3.8) is 0 Å². The van der Waals surface area contributed by atoms with Gasteiger partial charge in [-0.1, -0.05) is 26.0 Å². The monoisotopic (exact) mass is 627 g/mol. The van der Waals surface area contributed by atoms with Crippen LogP contribution < -0.4 is 4.74 Å². The van der Waals surface area contributed by atoms with Gasteiger partial charge in [0.15, 0.2) is 11.6 Å². The second kappa shape index (κ2) is 10.9. The Kier molecular flexibility index (Phi) is 7.54. The molecular formula is C30H28F2IN3O2. The molecule has 0 aliphatic carbocycles. The van der Waals surface area contributed by atoms with Gasteiger partial charge in [-0.25, -0.2) is 13.8 Å². The van der Waals surface area contributed by atoms with E-state index < -0.39 is 11.6 Å². The summed E-state index contributed by atoms with van der Waals surface area (Å²) in [5.41, 5.74) is 3.19. The number of ether oxygens (including phenoxy) is 1. The van der Waals surface area contributed by atoms with Crippen LogP contribution in [-0.2, 0) is 11.8 Å². The van der Waals surface area contributed by atoms with Crippen molar-refractivity contribution in [2.75, 3.05) is 6.61 Å². The minimum atomic E-state index is -0.510. The second-order valence-corrected chi connectivity index (χ2v) is 11.1. The number of unbranched alkanes of at least 4 members (excludes halogenated alkanes) is 1. The number of rotatable bonds is 9. The fourth-order valence-electron chi connectivity index (χ4n) is 4.67. The van der Waals surface area contributed by atoms with Crippen LogP contribution in [0.4, 0.5) is 8.78 Å². The number of aromatic nitrogens is 3. The fraction of sp³-hybridized carbons (Fsp3) is 0.233. The number of H-pyrrole nitrogens is 2. The minimum Gasteiger partial charge on any atom is -0.454 e. The van der Waals surface area contributed by atoms with Crippen LogP contribution in [-0.4, -0.2) is 26.7 Å². The smallest absolute Gasteiger partial charge is 0.168 e. The van der Waals surface area contributed by atoms with E-state index in [2.05, 4.69) is 63.5 Å². The number of benzene rings is 3. The highest BCUT2D eigenvalue weighted by Crippen LogP contribution is 2.37.